The number of hydrogen-bond donors (Lipinski definition) is 0. The van der Waals surface area contributed by atoms with Gasteiger partial charge in [0.05, 0.1) is 13.1 Å². The number of guanidine groups is 1. The van der Waals surface area contributed by atoms with Crippen LogP contribution in [0.3, 0.4) is 0 Å². The van der Waals surface area contributed by atoms with Crippen LogP contribution in [0.4, 0.5) is 19.0 Å². The molecule has 1 unspecified atom stereocenters. The van der Waals surface area contributed by atoms with Crippen LogP contribution in [0.2, 0.25) is 0 Å². The fourth-order valence-corrected chi connectivity index (χ4v) is 6.10. The smallest absolute Gasteiger partial charge is 0.283 e. The van der Waals surface area contributed by atoms with Gasteiger partial charge in [0.25, 0.3) is 5.91 Å². The molecule has 3 heterocycles. The van der Waals surface area contributed by atoms with E-state index in [1.807, 2.05) is 28.5 Å². The molecule has 7 rings (SSSR count). The van der Waals surface area contributed by atoms with E-state index in [0.29, 0.717) is 41.8 Å². The van der Waals surface area contributed by atoms with Crippen molar-refractivity contribution in [1.29, 1.82) is 0 Å². The van der Waals surface area contributed by atoms with Gasteiger partial charge in [-0.3, -0.25) is 14.6 Å². The van der Waals surface area contributed by atoms with E-state index in [0.717, 1.165) is 30.5 Å². The molecule has 0 radical (unpaired) electrons. The zero-order valence-electron chi connectivity index (χ0n) is 21.2. The van der Waals surface area contributed by atoms with Gasteiger partial charge >= 0.3 is 0 Å². The van der Waals surface area contributed by atoms with Crippen molar-refractivity contribution in [1.82, 2.24) is 14.5 Å². The van der Waals surface area contributed by atoms with E-state index in [9.17, 15) is 18.0 Å². The molecule has 0 bridgehead atoms. The Labute approximate surface area is 223 Å². The highest BCUT2D eigenvalue weighted by Gasteiger charge is 2.51. The third-order valence-electron chi connectivity index (χ3n) is 7.93. The van der Waals surface area contributed by atoms with Crippen LogP contribution in [-0.2, 0) is 18.5 Å². The standard InChI is InChI=1S/C30H24F3N5O/c1-2-36-28(39)25-27(38-17-30(35-29(36)38)14-13-19-5-3-4-6-22(19)30)37(16-18-7-12-23(32)24(33)15-18)26(34-25)20-8-10-21(31)11-9-20/h3-12,15H,2,13-14,16-17H2,1H3. The number of aryl methyl sites for hydroxylation is 1. The maximum absolute atomic E-state index is 14.2. The number of aliphatic imine (C=N–C) groups is 1. The second kappa shape index (κ2) is 8.56. The number of hydrogen-bond acceptors (Lipinski definition) is 4. The van der Waals surface area contributed by atoms with Crippen LogP contribution in [-0.4, -0.2) is 39.4 Å². The van der Waals surface area contributed by atoms with Crippen molar-refractivity contribution in [3.8, 4) is 11.4 Å². The largest absolute Gasteiger partial charge is 0.305 e. The lowest BCUT2D eigenvalue weighted by Gasteiger charge is -2.34. The number of carbonyl (C=O) groups is 1. The first kappa shape index (κ1) is 23.7. The molecule has 0 N–H and O–H groups in total. The molecule has 4 aromatic rings. The van der Waals surface area contributed by atoms with E-state index in [1.54, 1.807) is 17.0 Å². The van der Waals surface area contributed by atoms with Gasteiger partial charge in [-0.05, 0) is 72.9 Å². The molecule has 39 heavy (non-hydrogen) atoms. The lowest BCUT2D eigenvalue weighted by molar-refractivity contribution is 0.0841. The number of fused-ring (bicyclic) bond motifs is 5. The molecule has 1 aromatic heterocycles. The second-order valence-corrected chi connectivity index (χ2v) is 10.2. The molecule has 196 valence electrons. The third-order valence-corrected chi connectivity index (χ3v) is 7.93. The average molecular weight is 528 g/mol. The molecule has 3 aromatic carbocycles. The number of amides is 1. The Morgan fingerprint density at radius 1 is 0.974 bits per heavy atom. The summed E-state index contributed by atoms with van der Waals surface area (Å²) < 4.78 is 43.6. The monoisotopic (exact) mass is 527 g/mol. The van der Waals surface area contributed by atoms with E-state index in [4.69, 9.17) is 9.98 Å². The Bertz CT molecular complexity index is 1680. The van der Waals surface area contributed by atoms with Gasteiger partial charge in [-0.15, -0.1) is 0 Å². The molecule has 0 saturated heterocycles. The number of aromatic nitrogens is 2. The number of carbonyl (C=O) groups excluding carboxylic acids is 1. The van der Waals surface area contributed by atoms with E-state index >= 15 is 0 Å². The van der Waals surface area contributed by atoms with Gasteiger partial charge in [0.15, 0.2) is 17.3 Å². The molecule has 0 fully saturated rings. The van der Waals surface area contributed by atoms with Crippen LogP contribution in [0, 0.1) is 17.5 Å². The summed E-state index contributed by atoms with van der Waals surface area (Å²) in [7, 11) is 0. The summed E-state index contributed by atoms with van der Waals surface area (Å²) in [5.41, 5.74) is 3.25. The number of imidazole rings is 1. The fraction of sp³-hybridized carbons (Fsp3) is 0.233. The molecule has 1 aliphatic carbocycles. The molecule has 1 amide bonds. The molecule has 3 aliphatic rings. The quantitative estimate of drug-likeness (QED) is 0.352. The highest BCUT2D eigenvalue weighted by Crippen LogP contribution is 2.47. The van der Waals surface area contributed by atoms with E-state index in [2.05, 4.69) is 12.1 Å². The Morgan fingerprint density at radius 2 is 1.77 bits per heavy atom. The minimum atomic E-state index is -0.956. The topological polar surface area (TPSA) is 53.7 Å². The van der Waals surface area contributed by atoms with Crippen molar-refractivity contribution >= 4 is 17.7 Å². The Hall–Kier alpha value is -4.40. The van der Waals surface area contributed by atoms with Gasteiger partial charge < -0.3 is 4.57 Å². The third kappa shape index (κ3) is 3.52. The van der Waals surface area contributed by atoms with E-state index in [-0.39, 0.29) is 18.1 Å². The number of rotatable bonds is 4. The van der Waals surface area contributed by atoms with Gasteiger partial charge in [0.2, 0.25) is 5.96 Å². The Morgan fingerprint density at radius 3 is 2.54 bits per heavy atom. The summed E-state index contributed by atoms with van der Waals surface area (Å²) in [6.07, 6.45) is 1.71. The normalized spacial score (nSPS) is 19.4. The van der Waals surface area contributed by atoms with Crippen molar-refractivity contribution in [3.63, 3.8) is 0 Å². The van der Waals surface area contributed by atoms with Gasteiger partial charge in [0, 0.05) is 12.1 Å². The van der Waals surface area contributed by atoms with Gasteiger partial charge in [-0.1, -0.05) is 30.3 Å². The van der Waals surface area contributed by atoms with Crippen LogP contribution in [0.5, 0.6) is 0 Å². The predicted molar refractivity (Wildman–Crippen MR) is 141 cm³/mol. The first-order chi connectivity index (χ1) is 18.9. The first-order valence-electron chi connectivity index (χ1n) is 13.0. The van der Waals surface area contributed by atoms with Crippen molar-refractivity contribution in [2.75, 3.05) is 18.0 Å². The summed E-state index contributed by atoms with van der Waals surface area (Å²) in [4.78, 5) is 27.5. The predicted octanol–water partition coefficient (Wildman–Crippen LogP) is 5.51. The summed E-state index contributed by atoms with van der Waals surface area (Å²) in [6, 6.07) is 17.9. The van der Waals surface area contributed by atoms with Crippen LogP contribution in [0.15, 0.2) is 71.7 Å². The maximum atomic E-state index is 14.2. The van der Waals surface area contributed by atoms with Gasteiger partial charge in [0.1, 0.15) is 23.0 Å². The van der Waals surface area contributed by atoms with Crippen molar-refractivity contribution in [3.05, 3.63) is 107 Å². The number of halogens is 3. The van der Waals surface area contributed by atoms with Crippen LogP contribution in [0.25, 0.3) is 11.4 Å². The lowest BCUT2D eigenvalue weighted by atomic mass is 9.93. The van der Waals surface area contributed by atoms with Crippen molar-refractivity contribution in [2.24, 2.45) is 4.99 Å². The maximum Gasteiger partial charge on any atom is 0.283 e. The molecule has 0 saturated carbocycles. The number of benzene rings is 3. The average Bonchev–Trinajstić information content (AvgIpc) is 3.61. The SMILES string of the molecule is CCN1C(=O)c2nc(-c3ccc(F)cc3)n(Cc3ccc(F)c(F)c3)c2N2CC3(CCc4ccccc43)N=C12. The van der Waals surface area contributed by atoms with Crippen LogP contribution in [0.1, 0.15) is 40.5 Å². The summed E-state index contributed by atoms with van der Waals surface area (Å²) in [5.74, 6) is -1.03. The Kier molecular flexibility index (Phi) is 5.20. The zero-order chi connectivity index (χ0) is 26.9. The highest BCUT2D eigenvalue weighted by atomic mass is 19.2. The molecule has 2 aliphatic heterocycles. The highest BCUT2D eigenvalue weighted by molar-refractivity contribution is 6.18. The fourth-order valence-electron chi connectivity index (χ4n) is 6.10. The van der Waals surface area contributed by atoms with Gasteiger partial charge in [-0.25, -0.2) is 23.1 Å². The van der Waals surface area contributed by atoms with Crippen LogP contribution < -0.4 is 4.90 Å². The molecule has 6 nitrogen and oxygen atoms in total. The summed E-state index contributed by atoms with van der Waals surface area (Å²) in [5, 5.41) is 0. The molecule has 9 heteroatoms. The van der Waals surface area contributed by atoms with Crippen LogP contribution >= 0.6 is 0 Å². The lowest BCUT2D eigenvalue weighted by Crippen LogP contribution is -2.51. The van der Waals surface area contributed by atoms with E-state index < -0.39 is 23.0 Å². The number of anilines is 1. The Balaban J connectivity index is 1.43. The van der Waals surface area contributed by atoms with Crippen molar-refractivity contribution in [2.45, 2.75) is 31.8 Å². The molecular formula is C30H24F3N5O. The summed E-state index contributed by atoms with van der Waals surface area (Å²) in [6.45, 7) is 2.95. The number of nitrogens with zero attached hydrogens (tertiary/aromatic N) is 5. The minimum absolute atomic E-state index is 0.124. The minimum Gasteiger partial charge on any atom is -0.305 e. The molecule has 1 atom stereocenters. The van der Waals surface area contributed by atoms with Gasteiger partial charge in [-0.2, -0.15) is 0 Å². The van der Waals surface area contributed by atoms with Crippen molar-refractivity contribution < 1.29 is 18.0 Å². The van der Waals surface area contributed by atoms with E-state index in [1.165, 1.54) is 23.8 Å². The first-order valence-corrected chi connectivity index (χ1v) is 13.0. The molecular weight excluding hydrogens is 503 g/mol. The summed E-state index contributed by atoms with van der Waals surface area (Å²) >= 11 is 0. The zero-order valence-corrected chi connectivity index (χ0v) is 21.2. The second-order valence-electron chi connectivity index (χ2n) is 10.2. The molecule has 1 spiro atoms.